The maximum atomic E-state index is 12.1. The van der Waals surface area contributed by atoms with Gasteiger partial charge in [-0.3, -0.25) is 10.1 Å². The van der Waals surface area contributed by atoms with Gasteiger partial charge >= 0.3 is 5.97 Å². The highest BCUT2D eigenvalue weighted by Crippen LogP contribution is 2.42. The van der Waals surface area contributed by atoms with Gasteiger partial charge in [0.2, 0.25) is 0 Å². The maximum absolute atomic E-state index is 12.1. The van der Waals surface area contributed by atoms with Gasteiger partial charge in [0.1, 0.15) is 5.54 Å². The molecule has 120 valence electrons. The molecular formula is C17H30N2O2. The average molecular weight is 294 g/mol. The largest absolute Gasteiger partial charge is 0.480 e. The Hall–Kier alpha value is -0.610. The van der Waals surface area contributed by atoms with Crippen LogP contribution in [-0.4, -0.2) is 47.2 Å². The maximum Gasteiger partial charge on any atom is 0.325 e. The SMILES string of the molecule is CN(CC(NC1CC1)(C(=O)O)C1CC1)C1CCCCCC1. The van der Waals surface area contributed by atoms with E-state index in [2.05, 4.69) is 17.3 Å². The minimum Gasteiger partial charge on any atom is -0.480 e. The minimum atomic E-state index is -0.692. The summed E-state index contributed by atoms with van der Waals surface area (Å²) in [5.74, 6) is -0.291. The van der Waals surface area contributed by atoms with Gasteiger partial charge < -0.3 is 10.0 Å². The lowest BCUT2D eigenvalue weighted by Crippen LogP contribution is -2.62. The molecule has 0 spiro atoms. The van der Waals surface area contributed by atoms with Gasteiger partial charge in [0.05, 0.1) is 0 Å². The fourth-order valence-electron chi connectivity index (χ4n) is 3.99. The van der Waals surface area contributed by atoms with Crippen LogP contribution in [-0.2, 0) is 4.79 Å². The lowest BCUT2D eigenvalue weighted by molar-refractivity contribution is -0.147. The van der Waals surface area contributed by atoms with Crippen molar-refractivity contribution >= 4 is 5.97 Å². The van der Waals surface area contributed by atoms with Crippen LogP contribution in [0, 0.1) is 5.92 Å². The number of hydrogen-bond donors (Lipinski definition) is 2. The van der Waals surface area contributed by atoms with Gasteiger partial charge in [-0.05, 0) is 51.5 Å². The number of carboxylic acid groups (broad SMARTS) is 1. The first-order valence-electron chi connectivity index (χ1n) is 8.83. The van der Waals surface area contributed by atoms with Crippen LogP contribution in [0.5, 0.6) is 0 Å². The first-order valence-corrected chi connectivity index (χ1v) is 8.83. The number of nitrogens with zero attached hydrogens (tertiary/aromatic N) is 1. The summed E-state index contributed by atoms with van der Waals surface area (Å²) < 4.78 is 0. The normalized spacial score (nSPS) is 27.3. The Kier molecular flexibility index (Phi) is 4.55. The van der Waals surface area contributed by atoms with Gasteiger partial charge in [0.15, 0.2) is 0 Å². The van der Waals surface area contributed by atoms with Crippen LogP contribution in [0.15, 0.2) is 0 Å². The summed E-state index contributed by atoms with van der Waals surface area (Å²) in [4.78, 5) is 14.4. The first kappa shape index (κ1) is 15.3. The Bertz CT molecular complexity index is 371. The van der Waals surface area contributed by atoms with E-state index in [1.54, 1.807) is 0 Å². The Labute approximate surface area is 128 Å². The van der Waals surface area contributed by atoms with Crippen LogP contribution < -0.4 is 5.32 Å². The number of aliphatic carboxylic acids is 1. The quantitative estimate of drug-likeness (QED) is 0.709. The molecule has 0 saturated heterocycles. The molecule has 0 radical (unpaired) electrons. The molecule has 0 amide bonds. The first-order chi connectivity index (χ1) is 10.1. The number of rotatable bonds is 7. The van der Waals surface area contributed by atoms with E-state index >= 15 is 0 Å². The average Bonchev–Trinajstić information content (AvgIpc) is 3.31. The van der Waals surface area contributed by atoms with E-state index in [-0.39, 0.29) is 0 Å². The molecule has 0 heterocycles. The van der Waals surface area contributed by atoms with Crippen molar-refractivity contribution in [1.82, 2.24) is 10.2 Å². The van der Waals surface area contributed by atoms with Gasteiger partial charge in [-0.2, -0.15) is 0 Å². The molecular weight excluding hydrogens is 264 g/mol. The van der Waals surface area contributed by atoms with Crippen molar-refractivity contribution in [3.63, 3.8) is 0 Å². The monoisotopic (exact) mass is 294 g/mol. The van der Waals surface area contributed by atoms with Gasteiger partial charge in [-0.25, -0.2) is 0 Å². The smallest absolute Gasteiger partial charge is 0.325 e. The fourth-order valence-corrected chi connectivity index (χ4v) is 3.99. The summed E-state index contributed by atoms with van der Waals surface area (Å²) in [6, 6.07) is 1.02. The van der Waals surface area contributed by atoms with Crippen molar-refractivity contribution in [2.75, 3.05) is 13.6 Å². The highest BCUT2D eigenvalue weighted by atomic mass is 16.4. The molecule has 2 N–H and O–H groups in total. The van der Waals surface area contributed by atoms with E-state index in [0.29, 0.717) is 24.5 Å². The van der Waals surface area contributed by atoms with Crippen molar-refractivity contribution in [3.05, 3.63) is 0 Å². The third-order valence-corrected chi connectivity index (χ3v) is 5.64. The van der Waals surface area contributed by atoms with Gasteiger partial charge in [-0.1, -0.05) is 25.7 Å². The summed E-state index contributed by atoms with van der Waals surface area (Å²) in [6.07, 6.45) is 12.2. The van der Waals surface area contributed by atoms with Gasteiger partial charge in [0.25, 0.3) is 0 Å². The molecule has 3 aliphatic carbocycles. The van der Waals surface area contributed by atoms with E-state index < -0.39 is 11.5 Å². The van der Waals surface area contributed by atoms with Gasteiger partial charge in [-0.15, -0.1) is 0 Å². The number of hydrogen-bond acceptors (Lipinski definition) is 3. The summed E-state index contributed by atoms with van der Waals surface area (Å²) in [5, 5.41) is 13.4. The third-order valence-electron chi connectivity index (χ3n) is 5.64. The van der Waals surface area contributed by atoms with Crippen LogP contribution in [0.25, 0.3) is 0 Å². The number of carboxylic acids is 1. The highest BCUT2D eigenvalue weighted by Gasteiger charge is 2.54. The Morgan fingerprint density at radius 1 is 1.10 bits per heavy atom. The molecule has 0 aromatic heterocycles. The van der Waals surface area contributed by atoms with E-state index in [0.717, 1.165) is 25.7 Å². The Morgan fingerprint density at radius 2 is 1.71 bits per heavy atom. The van der Waals surface area contributed by atoms with Crippen molar-refractivity contribution in [2.24, 2.45) is 5.92 Å². The zero-order chi connectivity index (χ0) is 14.9. The van der Waals surface area contributed by atoms with Crippen LogP contribution in [0.4, 0.5) is 0 Å². The molecule has 0 aliphatic heterocycles. The van der Waals surface area contributed by atoms with Crippen LogP contribution in [0.3, 0.4) is 0 Å². The van der Waals surface area contributed by atoms with Gasteiger partial charge in [0, 0.05) is 18.6 Å². The standard InChI is InChI=1S/C17H30N2O2/c1-19(15-6-4-2-3-5-7-15)12-17(16(20)21,13-8-9-13)18-14-10-11-14/h13-15,18H,2-12H2,1H3,(H,20,21). The second kappa shape index (κ2) is 6.25. The zero-order valence-electron chi connectivity index (χ0n) is 13.3. The Balaban J connectivity index is 1.68. The van der Waals surface area contributed by atoms with Crippen molar-refractivity contribution < 1.29 is 9.90 Å². The molecule has 0 bridgehead atoms. The minimum absolute atomic E-state index is 0.337. The molecule has 3 saturated carbocycles. The van der Waals surface area contributed by atoms with Crippen molar-refractivity contribution in [3.8, 4) is 0 Å². The molecule has 21 heavy (non-hydrogen) atoms. The molecule has 0 aromatic rings. The van der Waals surface area contributed by atoms with Crippen LogP contribution >= 0.6 is 0 Å². The second-order valence-corrected chi connectivity index (χ2v) is 7.53. The summed E-state index contributed by atoms with van der Waals surface area (Å²) in [7, 11) is 2.14. The Morgan fingerprint density at radius 3 is 2.19 bits per heavy atom. The molecule has 3 fully saturated rings. The highest BCUT2D eigenvalue weighted by molar-refractivity contribution is 5.80. The predicted molar refractivity (Wildman–Crippen MR) is 83.4 cm³/mol. The molecule has 3 rings (SSSR count). The summed E-state index contributed by atoms with van der Waals surface area (Å²) in [6.45, 7) is 0.675. The molecule has 4 heteroatoms. The van der Waals surface area contributed by atoms with Crippen molar-refractivity contribution in [1.29, 1.82) is 0 Å². The second-order valence-electron chi connectivity index (χ2n) is 7.53. The molecule has 4 nitrogen and oxygen atoms in total. The number of likely N-dealkylation sites (N-methyl/N-ethyl adjacent to an activating group) is 1. The lowest BCUT2D eigenvalue weighted by atomic mass is 9.91. The van der Waals surface area contributed by atoms with Crippen molar-refractivity contribution in [2.45, 2.75) is 81.8 Å². The summed E-state index contributed by atoms with van der Waals surface area (Å²) in [5.41, 5.74) is -0.692. The van der Waals surface area contributed by atoms with E-state index in [1.807, 2.05) is 0 Å². The third kappa shape index (κ3) is 3.59. The molecule has 1 atom stereocenters. The van der Waals surface area contributed by atoms with Crippen LogP contribution in [0.1, 0.15) is 64.2 Å². The molecule has 0 aromatic carbocycles. The zero-order valence-corrected chi connectivity index (χ0v) is 13.3. The van der Waals surface area contributed by atoms with E-state index in [4.69, 9.17) is 0 Å². The van der Waals surface area contributed by atoms with E-state index in [9.17, 15) is 9.90 Å². The lowest BCUT2D eigenvalue weighted by Gasteiger charge is -2.38. The number of nitrogens with one attached hydrogen (secondary N) is 1. The number of carbonyl (C=O) groups is 1. The predicted octanol–water partition coefficient (Wildman–Crippen LogP) is 2.63. The molecule has 3 aliphatic rings. The fraction of sp³-hybridized carbons (Fsp3) is 0.941. The topological polar surface area (TPSA) is 52.6 Å². The van der Waals surface area contributed by atoms with E-state index in [1.165, 1.54) is 38.5 Å². The molecule has 1 unspecified atom stereocenters. The summed E-state index contributed by atoms with van der Waals surface area (Å²) >= 11 is 0. The van der Waals surface area contributed by atoms with Crippen LogP contribution in [0.2, 0.25) is 0 Å².